The van der Waals surface area contributed by atoms with E-state index in [4.69, 9.17) is 4.98 Å². The van der Waals surface area contributed by atoms with E-state index in [1.165, 1.54) is 29.7 Å². The molecule has 2 aliphatic rings. The Morgan fingerprint density at radius 3 is 3.18 bits per heavy atom. The molecule has 0 saturated carbocycles. The van der Waals surface area contributed by atoms with Crippen LogP contribution in [0.2, 0.25) is 0 Å². The highest BCUT2D eigenvalue weighted by Gasteiger charge is 2.20. The van der Waals surface area contributed by atoms with E-state index in [0.717, 1.165) is 44.1 Å². The summed E-state index contributed by atoms with van der Waals surface area (Å²) in [6.45, 7) is 3.25. The number of hydrogen-bond acceptors (Lipinski definition) is 4. The summed E-state index contributed by atoms with van der Waals surface area (Å²) in [5.41, 5.74) is 4.14. The Bertz CT molecular complexity index is 657. The van der Waals surface area contributed by atoms with E-state index in [2.05, 4.69) is 45.7 Å². The topological polar surface area (TPSA) is 56.8 Å². The van der Waals surface area contributed by atoms with Gasteiger partial charge in [0, 0.05) is 38.2 Å². The molecule has 1 aromatic carbocycles. The van der Waals surface area contributed by atoms with Crippen LogP contribution >= 0.6 is 0 Å². The molecule has 22 heavy (non-hydrogen) atoms. The summed E-state index contributed by atoms with van der Waals surface area (Å²) in [6.07, 6.45) is 4.39. The molecule has 1 unspecified atom stereocenters. The van der Waals surface area contributed by atoms with E-state index in [1.54, 1.807) is 0 Å². The second kappa shape index (κ2) is 5.72. The van der Waals surface area contributed by atoms with Crippen LogP contribution in [0.4, 0.5) is 5.69 Å². The third-order valence-electron chi connectivity index (χ3n) is 4.85. The van der Waals surface area contributed by atoms with Crippen molar-refractivity contribution in [1.29, 1.82) is 0 Å². The fourth-order valence-corrected chi connectivity index (χ4v) is 3.57. The molecular formula is C17H23N5. The second-order valence-electron chi connectivity index (χ2n) is 6.49. The Labute approximate surface area is 131 Å². The molecule has 1 atom stereocenters. The molecule has 2 N–H and O–H groups in total. The number of aromatic amines is 1. The predicted molar refractivity (Wildman–Crippen MR) is 87.4 cm³/mol. The first-order valence-corrected chi connectivity index (χ1v) is 8.24. The summed E-state index contributed by atoms with van der Waals surface area (Å²) < 4.78 is 0. The summed E-state index contributed by atoms with van der Waals surface area (Å²) in [7, 11) is 2.16. The summed E-state index contributed by atoms with van der Waals surface area (Å²) in [4.78, 5) is 7.04. The Morgan fingerprint density at radius 2 is 2.32 bits per heavy atom. The highest BCUT2D eigenvalue weighted by atomic mass is 15.2. The van der Waals surface area contributed by atoms with Crippen LogP contribution < -0.4 is 10.2 Å². The van der Waals surface area contributed by atoms with Gasteiger partial charge in [0.1, 0.15) is 5.82 Å². The third-order valence-corrected chi connectivity index (χ3v) is 4.85. The van der Waals surface area contributed by atoms with Gasteiger partial charge in [-0.05, 0) is 43.0 Å². The summed E-state index contributed by atoms with van der Waals surface area (Å²) in [5.74, 6) is 2.42. The van der Waals surface area contributed by atoms with Crippen LogP contribution in [-0.2, 0) is 12.8 Å². The number of H-pyrrole nitrogens is 1. The quantitative estimate of drug-likeness (QED) is 0.908. The number of piperidine rings is 1. The third kappa shape index (κ3) is 2.61. The van der Waals surface area contributed by atoms with Crippen molar-refractivity contribution in [2.75, 3.05) is 31.6 Å². The lowest BCUT2D eigenvalue weighted by molar-refractivity contribution is 0.447. The SMILES string of the molecule is CN1CCc2cc(Cc3nc(C4CCCNC4)n[nH]3)ccc21. The molecule has 0 bridgehead atoms. The average Bonchev–Trinajstić information content (AvgIpc) is 3.16. The number of anilines is 1. The molecule has 2 aromatic rings. The number of aromatic nitrogens is 3. The predicted octanol–water partition coefficient (Wildman–Crippen LogP) is 1.85. The van der Waals surface area contributed by atoms with Gasteiger partial charge in [-0.15, -0.1) is 0 Å². The Morgan fingerprint density at radius 1 is 1.36 bits per heavy atom. The first-order chi connectivity index (χ1) is 10.8. The van der Waals surface area contributed by atoms with Gasteiger partial charge in [0.2, 0.25) is 0 Å². The molecule has 0 radical (unpaired) electrons. The van der Waals surface area contributed by atoms with Crippen molar-refractivity contribution in [3.05, 3.63) is 41.0 Å². The standard InChI is InChI=1S/C17H23N5/c1-22-8-6-13-9-12(4-5-15(13)22)10-16-19-17(21-20-16)14-3-2-7-18-11-14/h4-5,9,14,18H,2-3,6-8,10-11H2,1H3,(H,19,20,21). The lowest BCUT2D eigenvalue weighted by atomic mass is 9.99. The smallest absolute Gasteiger partial charge is 0.155 e. The minimum atomic E-state index is 0.465. The first-order valence-electron chi connectivity index (χ1n) is 8.24. The lowest BCUT2D eigenvalue weighted by Crippen LogP contribution is -2.28. The normalized spacial score (nSPS) is 21.1. The monoisotopic (exact) mass is 297 g/mol. The van der Waals surface area contributed by atoms with E-state index in [1.807, 2.05) is 0 Å². The molecule has 5 nitrogen and oxygen atoms in total. The van der Waals surface area contributed by atoms with Gasteiger partial charge in [0.05, 0.1) is 0 Å². The maximum Gasteiger partial charge on any atom is 0.155 e. The lowest BCUT2D eigenvalue weighted by Gasteiger charge is -2.19. The molecule has 0 amide bonds. The maximum atomic E-state index is 4.72. The molecule has 0 spiro atoms. The molecule has 116 valence electrons. The largest absolute Gasteiger partial charge is 0.374 e. The summed E-state index contributed by atoms with van der Waals surface area (Å²) in [6, 6.07) is 6.77. The fraction of sp³-hybridized carbons (Fsp3) is 0.529. The van der Waals surface area contributed by atoms with Crippen LogP contribution in [0.15, 0.2) is 18.2 Å². The summed E-state index contributed by atoms with van der Waals surface area (Å²) >= 11 is 0. The van der Waals surface area contributed by atoms with Crippen molar-refractivity contribution in [2.24, 2.45) is 0 Å². The molecule has 2 aliphatic heterocycles. The van der Waals surface area contributed by atoms with Gasteiger partial charge in [0.15, 0.2) is 5.82 Å². The molecule has 1 fully saturated rings. The number of fused-ring (bicyclic) bond motifs is 1. The van der Waals surface area contributed by atoms with E-state index >= 15 is 0 Å². The van der Waals surface area contributed by atoms with Crippen LogP contribution in [-0.4, -0.2) is 41.9 Å². The van der Waals surface area contributed by atoms with Crippen molar-refractivity contribution in [3.63, 3.8) is 0 Å². The van der Waals surface area contributed by atoms with Gasteiger partial charge < -0.3 is 10.2 Å². The van der Waals surface area contributed by atoms with E-state index in [0.29, 0.717) is 5.92 Å². The Hall–Kier alpha value is -1.88. The number of rotatable bonds is 3. The van der Waals surface area contributed by atoms with Crippen LogP contribution in [0, 0.1) is 0 Å². The number of nitrogens with zero attached hydrogens (tertiary/aromatic N) is 3. The minimum Gasteiger partial charge on any atom is -0.374 e. The number of hydrogen-bond donors (Lipinski definition) is 2. The Balaban J connectivity index is 1.48. The van der Waals surface area contributed by atoms with Crippen molar-refractivity contribution in [3.8, 4) is 0 Å². The highest BCUT2D eigenvalue weighted by molar-refractivity contribution is 5.58. The zero-order valence-electron chi connectivity index (χ0n) is 13.1. The number of nitrogens with one attached hydrogen (secondary N) is 2. The zero-order valence-corrected chi connectivity index (χ0v) is 13.1. The van der Waals surface area contributed by atoms with E-state index in [9.17, 15) is 0 Å². The molecule has 1 saturated heterocycles. The van der Waals surface area contributed by atoms with Crippen LogP contribution in [0.25, 0.3) is 0 Å². The first kappa shape index (κ1) is 13.8. The van der Waals surface area contributed by atoms with E-state index in [-0.39, 0.29) is 0 Å². The molecular weight excluding hydrogens is 274 g/mol. The van der Waals surface area contributed by atoms with Crippen molar-refractivity contribution in [1.82, 2.24) is 20.5 Å². The minimum absolute atomic E-state index is 0.465. The highest BCUT2D eigenvalue weighted by Crippen LogP contribution is 2.28. The van der Waals surface area contributed by atoms with Crippen molar-refractivity contribution < 1.29 is 0 Å². The Kier molecular flexibility index (Phi) is 3.58. The van der Waals surface area contributed by atoms with Crippen LogP contribution in [0.1, 0.15) is 41.5 Å². The van der Waals surface area contributed by atoms with Gasteiger partial charge in [0.25, 0.3) is 0 Å². The molecule has 4 rings (SSSR count). The van der Waals surface area contributed by atoms with Crippen LogP contribution in [0.3, 0.4) is 0 Å². The van der Waals surface area contributed by atoms with Gasteiger partial charge in [-0.3, -0.25) is 5.10 Å². The molecule has 5 heteroatoms. The maximum absolute atomic E-state index is 4.72. The van der Waals surface area contributed by atoms with Gasteiger partial charge in [-0.25, -0.2) is 4.98 Å². The van der Waals surface area contributed by atoms with Gasteiger partial charge in [-0.1, -0.05) is 12.1 Å². The number of likely N-dealkylation sites (N-methyl/N-ethyl adjacent to an activating group) is 1. The van der Waals surface area contributed by atoms with Crippen molar-refractivity contribution in [2.45, 2.75) is 31.6 Å². The van der Waals surface area contributed by atoms with Gasteiger partial charge >= 0.3 is 0 Å². The van der Waals surface area contributed by atoms with Crippen LogP contribution in [0.5, 0.6) is 0 Å². The summed E-state index contributed by atoms with van der Waals surface area (Å²) in [5, 5.41) is 11.0. The average molecular weight is 297 g/mol. The molecule has 0 aliphatic carbocycles. The van der Waals surface area contributed by atoms with E-state index < -0.39 is 0 Å². The van der Waals surface area contributed by atoms with Gasteiger partial charge in [-0.2, -0.15) is 5.10 Å². The fourth-order valence-electron chi connectivity index (χ4n) is 3.57. The number of benzene rings is 1. The molecule has 1 aromatic heterocycles. The molecule has 3 heterocycles. The van der Waals surface area contributed by atoms with Crippen molar-refractivity contribution >= 4 is 5.69 Å². The second-order valence-corrected chi connectivity index (χ2v) is 6.49. The zero-order chi connectivity index (χ0) is 14.9.